The molecule has 0 saturated heterocycles. The fourth-order valence-electron chi connectivity index (χ4n) is 1.72. The Labute approximate surface area is 119 Å². The van der Waals surface area contributed by atoms with Crippen LogP contribution in [0.1, 0.15) is 27.1 Å². The fourth-order valence-corrected chi connectivity index (χ4v) is 2.91. The maximum absolute atomic E-state index is 4.41. The van der Waals surface area contributed by atoms with Gasteiger partial charge in [0.15, 0.2) is 0 Å². The third-order valence-electron chi connectivity index (χ3n) is 2.54. The van der Waals surface area contributed by atoms with E-state index in [4.69, 9.17) is 0 Å². The molecule has 0 amide bonds. The van der Waals surface area contributed by atoms with E-state index in [0.717, 1.165) is 39.1 Å². The number of thiazole rings is 1. The molecule has 2 aromatic heterocycles. The Morgan fingerprint density at radius 1 is 1.06 bits per heavy atom. The van der Waals surface area contributed by atoms with Gasteiger partial charge in [-0.2, -0.15) is 0 Å². The van der Waals surface area contributed by atoms with Crippen LogP contribution in [0.5, 0.6) is 0 Å². The Hall–Kier alpha value is -1.01. The summed E-state index contributed by atoms with van der Waals surface area (Å²) in [4.78, 5) is 14.4. The monoisotopic (exact) mass is 326 g/mol. The summed E-state index contributed by atoms with van der Waals surface area (Å²) in [5.41, 5.74) is 2.03. The van der Waals surface area contributed by atoms with Crippen LogP contribution in [0.4, 0.5) is 5.82 Å². The number of hydrogen-bond donors (Lipinski definition) is 1. The average molecular weight is 327 g/mol. The van der Waals surface area contributed by atoms with Gasteiger partial charge >= 0.3 is 0 Å². The van der Waals surface area contributed by atoms with Gasteiger partial charge in [0, 0.05) is 4.88 Å². The normalized spacial score (nSPS) is 10.7. The zero-order valence-electron chi connectivity index (χ0n) is 10.8. The third kappa shape index (κ3) is 2.87. The van der Waals surface area contributed by atoms with Crippen LogP contribution in [0.25, 0.3) is 0 Å². The number of nitrogens with one attached hydrogen (secondary N) is 1. The minimum absolute atomic E-state index is 0.742. The second kappa shape index (κ2) is 5.32. The number of halogens is 1. The third-order valence-corrected chi connectivity index (χ3v) is 4.57. The Kier molecular flexibility index (Phi) is 3.97. The molecule has 4 nitrogen and oxygen atoms in total. The summed E-state index contributed by atoms with van der Waals surface area (Å²) >= 11 is 5.23. The van der Waals surface area contributed by atoms with Crippen LogP contribution < -0.4 is 5.32 Å². The molecule has 0 aliphatic carbocycles. The molecule has 18 heavy (non-hydrogen) atoms. The highest BCUT2D eigenvalue weighted by Crippen LogP contribution is 2.25. The first-order chi connectivity index (χ1) is 8.47. The predicted molar refractivity (Wildman–Crippen MR) is 78.1 cm³/mol. The summed E-state index contributed by atoms with van der Waals surface area (Å²) < 4.78 is 0.923. The second-order valence-electron chi connectivity index (χ2n) is 4.11. The zero-order chi connectivity index (χ0) is 13.3. The van der Waals surface area contributed by atoms with Gasteiger partial charge in [-0.15, -0.1) is 11.3 Å². The highest BCUT2D eigenvalue weighted by molar-refractivity contribution is 9.10. The van der Waals surface area contributed by atoms with Crippen molar-refractivity contribution in [3.63, 3.8) is 0 Å². The molecule has 0 radical (unpaired) electrons. The van der Waals surface area contributed by atoms with Crippen molar-refractivity contribution in [2.75, 3.05) is 5.32 Å². The molecule has 96 valence electrons. The molecule has 2 heterocycles. The quantitative estimate of drug-likeness (QED) is 0.937. The minimum Gasteiger partial charge on any atom is -0.364 e. The van der Waals surface area contributed by atoms with Gasteiger partial charge in [-0.1, -0.05) is 0 Å². The summed E-state index contributed by atoms with van der Waals surface area (Å²) in [6.45, 7) is 8.66. The van der Waals surface area contributed by atoms with E-state index in [1.54, 1.807) is 11.3 Å². The highest BCUT2D eigenvalue weighted by atomic mass is 79.9. The molecular formula is C12H15BrN4S. The van der Waals surface area contributed by atoms with Crippen molar-refractivity contribution in [2.45, 2.75) is 34.2 Å². The molecule has 0 fully saturated rings. The van der Waals surface area contributed by atoms with Crippen LogP contribution in [0, 0.1) is 27.7 Å². The predicted octanol–water partition coefficient (Wildman–Crippen LogP) is 3.54. The summed E-state index contributed by atoms with van der Waals surface area (Å²) in [7, 11) is 0. The molecule has 0 aromatic carbocycles. The maximum Gasteiger partial charge on any atom is 0.144 e. The van der Waals surface area contributed by atoms with Crippen molar-refractivity contribution in [2.24, 2.45) is 0 Å². The van der Waals surface area contributed by atoms with E-state index in [0.29, 0.717) is 0 Å². The topological polar surface area (TPSA) is 50.7 Å². The number of aryl methyl sites for hydroxylation is 4. The van der Waals surface area contributed by atoms with E-state index < -0.39 is 0 Å². The van der Waals surface area contributed by atoms with E-state index in [9.17, 15) is 0 Å². The van der Waals surface area contributed by atoms with E-state index in [1.807, 2.05) is 27.7 Å². The molecule has 1 N–H and O–H groups in total. The van der Waals surface area contributed by atoms with Gasteiger partial charge < -0.3 is 5.32 Å². The lowest BCUT2D eigenvalue weighted by atomic mass is 10.3. The fraction of sp³-hybridized carbons (Fsp3) is 0.417. The van der Waals surface area contributed by atoms with Crippen molar-refractivity contribution < 1.29 is 0 Å². The number of hydrogen-bond acceptors (Lipinski definition) is 5. The molecule has 0 bridgehead atoms. The summed E-state index contributed by atoms with van der Waals surface area (Å²) in [5, 5.41) is 4.43. The molecular weight excluding hydrogens is 312 g/mol. The number of nitrogens with zero attached hydrogens (tertiary/aromatic N) is 3. The molecule has 0 aliphatic rings. The minimum atomic E-state index is 0.742. The van der Waals surface area contributed by atoms with Crippen LogP contribution in [0.15, 0.2) is 4.47 Å². The van der Waals surface area contributed by atoms with Crippen LogP contribution in [-0.4, -0.2) is 15.0 Å². The summed E-state index contributed by atoms with van der Waals surface area (Å²) in [6.07, 6.45) is 0. The standard InChI is InChI=1S/C12H15BrN4S/c1-6-10(18-9(4)16-6)5-14-12-11(13)7(2)15-8(3)17-12/h5H2,1-4H3,(H,14,15,17). The lowest BCUT2D eigenvalue weighted by molar-refractivity contribution is 0.980. The maximum atomic E-state index is 4.41. The van der Waals surface area contributed by atoms with Crippen LogP contribution in [-0.2, 0) is 6.54 Å². The van der Waals surface area contributed by atoms with E-state index in [2.05, 4.69) is 36.2 Å². The highest BCUT2D eigenvalue weighted by Gasteiger charge is 2.09. The van der Waals surface area contributed by atoms with Crippen molar-refractivity contribution in [1.29, 1.82) is 0 Å². The molecule has 0 aliphatic heterocycles. The van der Waals surface area contributed by atoms with Crippen molar-refractivity contribution in [3.8, 4) is 0 Å². The second-order valence-corrected chi connectivity index (χ2v) is 6.19. The van der Waals surface area contributed by atoms with Gasteiger partial charge in [-0.25, -0.2) is 15.0 Å². The summed E-state index contributed by atoms with van der Waals surface area (Å²) in [5.74, 6) is 1.61. The van der Waals surface area contributed by atoms with Crippen molar-refractivity contribution in [1.82, 2.24) is 15.0 Å². The Morgan fingerprint density at radius 3 is 2.39 bits per heavy atom. The van der Waals surface area contributed by atoms with Crippen molar-refractivity contribution >= 4 is 33.1 Å². The molecule has 0 unspecified atom stereocenters. The Morgan fingerprint density at radius 2 is 1.78 bits per heavy atom. The van der Waals surface area contributed by atoms with E-state index in [-0.39, 0.29) is 0 Å². The lowest BCUT2D eigenvalue weighted by Crippen LogP contribution is -2.05. The van der Waals surface area contributed by atoms with Gasteiger partial charge in [0.05, 0.1) is 27.4 Å². The molecule has 0 atom stereocenters. The molecule has 2 aromatic rings. The van der Waals surface area contributed by atoms with Crippen LogP contribution in [0.2, 0.25) is 0 Å². The first kappa shape index (κ1) is 13.4. The van der Waals surface area contributed by atoms with Gasteiger partial charge in [0.1, 0.15) is 11.6 Å². The first-order valence-corrected chi connectivity index (χ1v) is 7.26. The lowest BCUT2D eigenvalue weighted by Gasteiger charge is -2.09. The average Bonchev–Trinajstić information content (AvgIpc) is 2.60. The van der Waals surface area contributed by atoms with Crippen molar-refractivity contribution in [3.05, 3.63) is 31.6 Å². The van der Waals surface area contributed by atoms with Crippen LogP contribution in [0.3, 0.4) is 0 Å². The summed E-state index contributed by atoms with van der Waals surface area (Å²) in [6, 6.07) is 0. The van der Waals surface area contributed by atoms with Gasteiger partial charge in [0.25, 0.3) is 0 Å². The first-order valence-electron chi connectivity index (χ1n) is 5.65. The van der Waals surface area contributed by atoms with Gasteiger partial charge in [-0.05, 0) is 43.6 Å². The Bertz CT molecular complexity index is 580. The van der Waals surface area contributed by atoms with E-state index >= 15 is 0 Å². The smallest absolute Gasteiger partial charge is 0.144 e. The molecule has 0 saturated carbocycles. The molecule has 2 rings (SSSR count). The van der Waals surface area contributed by atoms with Gasteiger partial charge in [-0.3, -0.25) is 0 Å². The van der Waals surface area contributed by atoms with E-state index in [1.165, 1.54) is 4.88 Å². The molecule has 0 spiro atoms. The van der Waals surface area contributed by atoms with Crippen LogP contribution >= 0.6 is 27.3 Å². The zero-order valence-corrected chi connectivity index (χ0v) is 13.2. The number of rotatable bonds is 3. The number of anilines is 1. The molecule has 6 heteroatoms. The Balaban J connectivity index is 2.18. The largest absolute Gasteiger partial charge is 0.364 e. The van der Waals surface area contributed by atoms with Gasteiger partial charge in [0.2, 0.25) is 0 Å². The SMILES string of the molecule is Cc1nc(C)c(Br)c(NCc2sc(C)nc2C)n1. The number of aromatic nitrogens is 3.